The number of benzene rings is 1. The normalized spacial score (nSPS) is 19.6. The molecule has 0 fully saturated rings. The lowest BCUT2D eigenvalue weighted by molar-refractivity contribution is -0.154. The fourth-order valence-corrected chi connectivity index (χ4v) is 4.26. The highest BCUT2D eigenvalue weighted by Gasteiger charge is 2.46. The molecule has 34 heavy (non-hydrogen) atoms. The summed E-state index contributed by atoms with van der Waals surface area (Å²) >= 11 is 0. The molecule has 2 unspecified atom stereocenters. The second kappa shape index (κ2) is 8.47. The summed E-state index contributed by atoms with van der Waals surface area (Å²) in [5, 5.41) is 3.42. The monoisotopic (exact) mass is 464 g/mol. The highest BCUT2D eigenvalue weighted by atomic mass is 19.4. The molecule has 1 aromatic carbocycles. The Balaban J connectivity index is 1.68. The largest absolute Gasteiger partial charge is 0.468 e. The Labute approximate surface area is 192 Å². The molecule has 3 N–H and O–H groups in total. The summed E-state index contributed by atoms with van der Waals surface area (Å²) in [5.41, 5.74) is 9.95. The molecule has 172 valence electrons. The van der Waals surface area contributed by atoms with Gasteiger partial charge in [-0.2, -0.15) is 13.2 Å². The minimum absolute atomic E-state index is 0.144. The van der Waals surface area contributed by atoms with Crippen molar-refractivity contribution in [1.82, 2.24) is 25.3 Å². The number of hydrogen-bond acceptors (Lipinski definition) is 7. The molecular weight excluding hydrogens is 445 g/mol. The quantitative estimate of drug-likeness (QED) is 0.464. The summed E-state index contributed by atoms with van der Waals surface area (Å²) < 4.78 is 43.1. The maximum absolute atomic E-state index is 12.7. The second-order valence-corrected chi connectivity index (χ2v) is 7.80. The van der Waals surface area contributed by atoms with E-state index in [9.17, 15) is 13.2 Å². The number of ether oxygens (including phenoxy) is 1. The number of pyridine rings is 2. The average Bonchev–Trinajstić information content (AvgIpc) is 3.17. The smallest absolute Gasteiger partial charge is 0.422 e. The molecule has 1 aliphatic rings. The SMILES string of the molecule is NC1NC(c2cccc(-c3cncnc3)c2)(c2ccnc(OCC(F)(F)F)c2)c2cccnc21. The summed E-state index contributed by atoms with van der Waals surface area (Å²) in [6, 6.07) is 14.6. The van der Waals surface area contributed by atoms with Gasteiger partial charge in [0.25, 0.3) is 0 Å². The van der Waals surface area contributed by atoms with Crippen molar-refractivity contribution in [3.05, 3.63) is 102 Å². The summed E-state index contributed by atoms with van der Waals surface area (Å²) in [5.74, 6) is -0.144. The molecule has 4 heterocycles. The molecule has 7 nitrogen and oxygen atoms in total. The minimum Gasteiger partial charge on any atom is -0.468 e. The number of fused-ring (bicyclic) bond motifs is 1. The van der Waals surface area contributed by atoms with Crippen LogP contribution in [0, 0.1) is 0 Å². The van der Waals surface area contributed by atoms with Crippen LogP contribution in [-0.4, -0.2) is 32.7 Å². The first-order chi connectivity index (χ1) is 16.4. The first-order valence-electron chi connectivity index (χ1n) is 10.4. The number of aromatic nitrogens is 4. The van der Waals surface area contributed by atoms with Gasteiger partial charge in [0.15, 0.2) is 6.61 Å². The highest BCUT2D eigenvalue weighted by molar-refractivity contribution is 5.65. The lowest BCUT2D eigenvalue weighted by Crippen LogP contribution is -2.42. The molecule has 0 bridgehead atoms. The lowest BCUT2D eigenvalue weighted by atomic mass is 9.78. The van der Waals surface area contributed by atoms with Crippen LogP contribution in [-0.2, 0) is 5.54 Å². The van der Waals surface area contributed by atoms with Gasteiger partial charge in [-0.05, 0) is 34.9 Å². The third kappa shape index (κ3) is 3.97. The number of nitrogens with one attached hydrogen (secondary N) is 1. The molecule has 5 rings (SSSR count). The molecule has 0 amide bonds. The molecule has 4 aromatic rings. The van der Waals surface area contributed by atoms with Gasteiger partial charge in [0.05, 0.1) is 11.2 Å². The summed E-state index contributed by atoms with van der Waals surface area (Å²) in [6.45, 7) is -1.44. The van der Waals surface area contributed by atoms with Crippen molar-refractivity contribution in [2.24, 2.45) is 5.73 Å². The Morgan fingerprint density at radius 3 is 2.53 bits per heavy atom. The van der Waals surface area contributed by atoms with Crippen LogP contribution >= 0.6 is 0 Å². The van der Waals surface area contributed by atoms with Crippen LogP contribution in [0.25, 0.3) is 11.1 Å². The number of nitrogens with zero attached hydrogens (tertiary/aromatic N) is 4. The van der Waals surface area contributed by atoms with Gasteiger partial charge in [-0.3, -0.25) is 10.3 Å². The Morgan fingerprint density at radius 1 is 0.941 bits per heavy atom. The zero-order chi connectivity index (χ0) is 23.8. The summed E-state index contributed by atoms with van der Waals surface area (Å²) in [6.07, 6.45) is 2.85. The lowest BCUT2D eigenvalue weighted by Gasteiger charge is -2.33. The number of nitrogens with two attached hydrogens (primary N) is 1. The zero-order valence-corrected chi connectivity index (χ0v) is 17.7. The highest BCUT2D eigenvalue weighted by Crippen LogP contribution is 2.45. The van der Waals surface area contributed by atoms with Crippen LogP contribution in [0.1, 0.15) is 28.6 Å². The van der Waals surface area contributed by atoms with E-state index in [1.807, 2.05) is 30.3 Å². The van der Waals surface area contributed by atoms with Crippen LogP contribution in [0.3, 0.4) is 0 Å². The van der Waals surface area contributed by atoms with Crippen LogP contribution < -0.4 is 15.8 Å². The predicted octanol–water partition coefficient (Wildman–Crippen LogP) is 3.73. The van der Waals surface area contributed by atoms with Crippen molar-refractivity contribution in [1.29, 1.82) is 0 Å². The van der Waals surface area contributed by atoms with Gasteiger partial charge in [0, 0.05) is 42.0 Å². The van der Waals surface area contributed by atoms with Crippen LogP contribution in [0.15, 0.2) is 79.6 Å². The Morgan fingerprint density at radius 2 is 1.74 bits per heavy atom. The Hall–Kier alpha value is -3.89. The molecular formula is C24H19F3N6O. The van der Waals surface area contributed by atoms with Crippen molar-refractivity contribution in [2.45, 2.75) is 17.9 Å². The average molecular weight is 464 g/mol. The first-order valence-corrected chi connectivity index (χ1v) is 10.4. The molecule has 3 aromatic heterocycles. The van der Waals surface area contributed by atoms with Gasteiger partial charge in [-0.25, -0.2) is 15.0 Å². The van der Waals surface area contributed by atoms with E-state index in [2.05, 4.69) is 25.3 Å². The molecule has 0 saturated heterocycles. The predicted molar refractivity (Wildman–Crippen MR) is 117 cm³/mol. The van der Waals surface area contributed by atoms with Gasteiger partial charge >= 0.3 is 6.18 Å². The number of alkyl halides is 3. The Bertz CT molecular complexity index is 1320. The fraction of sp³-hybridized carbons (Fsp3) is 0.167. The number of hydrogen-bond donors (Lipinski definition) is 2. The van der Waals surface area contributed by atoms with Gasteiger partial charge < -0.3 is 10.5 Å². The number of halogens is 3. The molecule has 0 aliphatic carbocycles. The molecule has 0 radical (unpaired) electrons. The van der Waals surface area contributed by atoms with Crippen molar-refractivity contribution in [2.75, 3.05) is 6.61 Å². The van der Waals surface area contributed by atoms with Gasteiger partial charge in [0.2, 0.25) is 5.88 Å². The van der Waals surface area contributed by atoms with E-state index in [4.69, 9.17) is 10.5 Å². The van der Waals surface area contributed by atoms with Crippen LogP contribution in [0.4, 0.5) is 13.2 Å². The summed E-state index contributed by atoms with van der Waals surface area (Å²) in [4.78, 5) is 16.6. The van der Waals surface area contributed by atoms with E-state index in [1.54, 1.807) is 30.7 Å². The van der Waals surface area contributed by atoms with E-state index in [1.165, 1.54) is 18.6 Å². The van der Waals surface area contributed by atoms with E-state index in [0.29, 0.717) is 11.3 Å². The topological polar surface area (TPSA) is 98.8 Å². The maximum Gasteiger partial charge on any atom is 0.422 e. The Kier molecular flexibility index (Phi) is 5.46. The maximum atomic E-state index is 12.7. The van der Waals surface area contributed by atoms with Crippen molar-refractivity contribution >= 4 is 0 Å². The molecule has 0 spiro atoms. The van der Waals surface area contributed by atoms with Crippen LogP contribution in [0.2, 0.25) is 0 Å². The zero-order valence-electron chi connectivity index (χ0n) is 17.7. The van der Waals surface area contributed by atoms with Crippen molar-refractivity contribution in [3.8, 4) is 17.0 Å². The fourth-order valence-electron chi connectivity index (χ4n) is 4.26. The van der Waals surface area contributed by atoms with Crippen molar-refractivity contribution in [3.63, 3.8) is 0 Å². The second-order valence-electron chi connectivity index (χ2n) is 7.80. The van der Waals surface area contributed by atoms with Gasteiger partial charge in [-0.15, -0.1) is 0 Å². The van der Waals surface area contributed by atoms with Crippen molar-refractivity contribution < 1.29 is 17.9 Å². The van der Waals surface area contributed by atoms with E-state index in [-0.39, 0.29) is 5.88 Å². The van der Waals surface area contributed by atoms with Crippen LogP contribution in [0.5, 0.6) is 5.88 Å². The molecule has 0 saturated carbocycles. The van der Waals surface area contributed by atoms with Gasteiger partial charge in [0.1, 0.15) is 12.5 Å². The van der Waals surface area contributed by atoms with E-state index in [0.717, 1.165) is 22.3 Å². The summed E-state index contributed by atoms with van der Waals surface area (Å²) in [7, 11) is 0. The van der Waals surface area contributed by atoms with Gasteiger partial charge in [-0.1, -0.05) is 24.3 Å². The first kappa shape index (κ1) is 21.9. The molecule has 1 aliphatic heterocycles. The van der Waals surface area contributed by atoms with E-state index >= 15 is 0 Å². The molecule has 2 atom stereocenters. The molecule has 10 heteroatoms. The minimum atomic E-state index is -4.48. The third-order valence-corrected chi connectivity index (χ3v) is 5.65. The van der Waals surface area contributed by atoms with E-state index < -0.39 is 24.5 Å². The third-order valence-electron chi connectivity index (χ3n) is 5.65. The standard InChI is InChI=1S/C24H19F3N6O/c25-23(26,27)13-34-20-10-18(6-8-31-20)24(19-5-2-7-32-21(19)22(28)33-24)17-4-1-3-15(9-17)16-11-29-14-30-12-16/h1-12,14,22,33H,13,28H2. The number of rotatable bonds is 5.